The molecule has 1 aromatic carbocycles. The van der Waals surface area contributed by atoms with Gasteiger partial charge in [-0.2, -0.15) is 0 Å². The summed E-state index contributed by atoms with van der Waals surface area (Å²) in [5.74, 6) is -0.253. The Bertz CT molecular complexity index is 407. The van der Waals surface area contributed by atoms with E-state index in [0.717, 1.165) is 16.7 Å². The fourth-order valence-corrected chi connectivity index (χ4v) is 1.53. The summed E-state index contributed by atoms with van der Waals surface area (Å²) >= 11 is 0. The molecule has 1 aromatic rings. The highest BCUT2D eigenvalue weighted by Crippen LogP contribution is 2.22. The van der Waals surface area contributed by atoms with Crippen molar-refractivity contribution in [2.45, 2.75) is 20.3 Å². The van der Waals surface area contributed by atoms with Crippen molar-refractivity contribution in [3.8, 4) is 0 Å². The molecule has 15 heavy (non-hydrogen) atoms. The molecule has 0 saturated carbocycles. The number of aryl methyl sites for hydroxylation is 2. The molecule has 0 N–H and O–H groups in total. The normalized spacial score (nSPS) is 9.47. The van der Waals surface area contributed by atoms with E-state index in [2.05, 4.69) is 9.58 Å². The van der Waals surface area contributed by atoms with Crippen molar-refractivity contribution in [2.24, 2.45) is 0 Å². The van der Waals surface area contributed by atoms with E-state index in [9.17, 15) is 4.79 Å². The van der Waals surface area contributed by atoms with Gasteiger partial charge in [0.25, 0.3) is 0 Å². The van der Waals surface area contributed by atoms with Crippen LogP contribution in [0.15, 0.2) is 12.1 Å². The first-order valence-electron chi connectivity index (χ1n) is 4.63. The summed E-state index contributed by atoms with van der Waals surface area (Å²) in [7, 11) is 1.38. The van der Waals surface area contributed by atoms with Gasteiger partial charge in [-0.15, -0.1) is 0 Å². The Morgan fingerprint density at radius 1 is 1.40 bits per heavy atom. The van der Waals surface area contributed by atoms with E-state index in [1.54, 1.807) is 12.1 Å². The molecule has 3 nitrogen and oxygen atoms in total. The lowest BCUT2D eigenvalue weighted by Crippen LogP contribution is -2.07. The fraction of sp³-hybridized carbons (Fsp3) is 0.333. The van der Waals surface area contributed by atoms with Crippen LogP contribution in [0.1, 0.15) is 16.7 Å². The Labute approximate surface area is 89.5 Å². The van der Waals surface area contributed by atoms with Crippen LogP contribution in [0.25, 0.3) is 4.85 Å². The first-order valence-corrected chi connectivity index (χ1v) is 4.63. The number of nitrogens with zero attached hydrogens (tertiary/aromatic N) is 1. The molecule has 0 unspecified atom stereocenters. The van der Waals surface area contributed by atoms with Crippen LogP contribution in [0, 0.1) is 20.4 Å². The third-order valence-electron chi connectivity index (χ3n) is 2.36. The molecule has 1 rings (SSSR count). The Balaban J connectivity index is 3.10. The van der Waals surface area contributed by atoms with Gasteiger partial charge in [0.2, 0.25) is 0 Å². The second kappa shape index (κ2) is 4.61. The lowest BCUT2D eigenvalue weighted by Gasteiger charge is -2.09. The number of carbonyl (C=O) groups excluding carboxylic acids is 1. The van der Waals surface area contributed by atoms with Crippen LogP contribution < -0.4 is 0 Å². The maximum absolute atomic E-state index is 11.2. The van der Waals surface area contributed by atoms with Crippen molar-refractivity contribution < 1.29 is 9.53 Å². The monoisotopic (exact) mass is 203 g/mol. The van der Waals surface area contributed by atoms with Crippen LogP contribution in [0.2, 0.25) is 0 Å². The number of rotatable bonds is 2. The van der Waals surface area contributed by atoms with Gasteiger partial charge in [-0.25, -0.2) is 4.85 Å². The Kier molecular flexibility index (Phi) is 3.46. The van der Waals surface area contributed by atoms with Gasteiger partial charge in [0.1, 0.15) is 0 Å². The van der Waals surface area contributed by atoms with Gasteiger partial charge in [-0.3, -0.25) is 4.79 Å². The van der Waals surface area contributed by atoms with E-state index in [1.807, 2.05) is 13.8 Å². The van der Waals surface area contributed by atoms with Gasteiger partial charge < -0.3 is 4.74 Å². The third kappa shape index (κ3) is 2.57. The molecule has 78 valence electrons. The van der Waals surface area contributed by atoms with Crippen LogP contribution in [-0.4, -0.2) is 13.1 Å². The standard InChI is InChI=1S/C12H13NO2/c1-8-5-10(13-3)6-9(2)11(8)7-12(14)15-4/h5-6H,7H2,1-2,4H3. The summed E-state index contributed by atoms with van der Waals surface area (Å²) < 4.78 is 4.62. The van der Waals surface area contributed by atoms with Gasteiger partial charge in [-0.05, 0) is 19.4 Å². The van der Waals surface area contributed by atoms with E-state index in [4.69, 9.17) is 6.57 Å². The van der Waals surface area contributed by atoms with Crippen molar-refractivity contribution in [1.82, 2.24) is 0 Å². The number of hydrogen-bond donors (Lipinski definition) is 0. The molecule has 0 amide bonds. The van der Waals surface area contributed by atoms with Crippen molar-refractivity contribution in [3.63, 3.8) is 0 Å². The van der Waals surface area contributed by atoms with E-state index in [1.165, 1.54) is 7.11 Å². The van der Waals surface area contributed by atoms with Gasteiger partial charge in [0.15, 0.2) is 5.69 Å². The van der Waals surface area contributed by atoms with Crippen LogP contribution in [0.4, 0.5) is 5.69 Å². The largest absolute Gasteiger partial charge is 0.469 e. The average Bonchev–Trinajstić information content (AvgIpc) is 2.22. The average molecular weight is 203 g/mol. The lowest BCUT2D eigenvalue weighted by molar-refractivity contribution is -0.139. The summed E-state index contributed by atoms with van der Waals surface area (Å²) in [6.07, 6.45) is 0.270. The van der Waals surface area contributed by atoms with E-state index in [-0.39, 0.29) is 12.4 Å². The van der Waals surface area contributed by atoms with Gasteiger partial charge in [0, 0.05) is 0 Å². The van der Waals surface area contributed by atoms with Crippen molar-refractivity contribution in [2.75, 3.05) is 7.11 Å². The van der Waals surface area contributed by atoms with Crippen molar-refractivity contribution >= 4 is 11.7 Å². The zero-order valence-corrected chi connectivity index (χ0v) is 9.13. The molecule has 0 heterocycles. The fourth-order valence-electron chi connectivity index (χ4n) is 1.53. The van der Waals surface area contributed by atoms with Crippen LogP contribution in [0.3, 0.4) is 0 Å². The molecule has 0 aliphatic heterocycles. The number of carbonyl (C=O) groups is 1. The minimum atomic E-state index is -0.253. The van der Waals surface area contributed by atoms with Crippen LogP contribution in [0.5, 0.6) is 0 Å². The maximum Gasteiger partial charge on any atom is 0.309 e. The summed E-state index contributed by atoms with van der Waals surface area (Å²) in [6, 6.07) is 3.58. The smallest absolute Gasteiger partial charge is 0.309 e. The Morgan fingerprint density at radius 2 is 1.93 bits per heavy atom. The van der Waals surface area contributed by atoms with Crippen LogP contribution in [-0.2, 0) is 16.0 Å². The van der Waals surface area contributed by atoms with Crippen LogP contribution >= 0.6 is 0 Å². The number of methoxy groups -OCH3 is 1. The van der Waals surface area contributed by atoms with Gasteiger partial charge in [-0.1, -0.05) is 23.3 Å². The van der Waals surface area contributed by atoms with Crippen molar-refractivity contribution in [3.05, 3.63) is 40.2 Å². The topological polar surface area (TPSA) is 30.7 Å². The second-order valence-corrected chi connectivity index (χ2v) is 3.42. The summed E-state index contributed by atoms with van der Waals surface area (Å²) in [5.41, 5.74) is 3.49. The zero-order chi connectivity index (χ0) is 11.4. The first kappa shape index (κ1) is 11.3. The molecular weight excluding hydrogens is 190 g/mol. The third-order valence-corrected chi connectivity index (χ3v) is 2.36. The zero-order valence-electron chi connectivity index (χ0n) is 9.13. The summed E-state index contributed by atoms with van der Waals surface area (Å²) in [4.78, 5) is 14.5. The Hall–Kier alpha value is -1.82. The van der Waals surface area contributed by atoms with Crippen molar-refractivity contribution in [1.29, 1.82) is 0 Å². The molecule has 0 spiro atoms. The molecule has 0 fully saturated rings. The van der Waals surface area contributed by atoms with E-state index < -0.39 is 0 Å². The van der Waals surface area contributed by atoms with Gasteiger partial charge >= 0.3 is 5.97 Å². The highest BCUT2D eigenvalue weighted by molar-refractivity contribution is 5.74. The molecule has 0 aliphatic rings. The number of benzene rings is 1. The number of esters is 1. The molecule has 0 aliphatic carbocycles. The first-order chi connectivity index (χ1) is 7.08. The predicted octanol–water partition coefficient (Wildman–Crippen LogP) is 2.57. The number of hydrogen-bond acceptors (Lipinski definition) is 2. The summed E-state index contributed by atoms with van der Waals surface area (Å²) in [5, 5.41) is 0. The second-order valence-electron chi connectivity index (χ2n) is 3.42. The molecule has 0 radical (unpaired) electrons. The SMILES string of the molecule is [C-]#[N+]c1cc(C)c(CC(=O)OC)c(C)c1. The molecule has 0 bridgehead atoms. The predicted molar refractivity (Wildman–Crippen MR) is 57.9 cm³/mol. The minimum absolute atomic E-state index is 0.253. The molecule has 0 aromatic heterocycles. The lowest BCUT2D eigenvalue weighted by atomic mass is 9.99. The number of ether oxygens (including phenoxy) is 1. The molecule has 0 saturated heterocycles. The molecular formula is C12H13NO2. The minimum Gasteiger partial charge on any atom is -0.469 e. The maximum atomic E-state index is 11.2. The quantitative estimate of drug-likeness (QED) is 0.546. The molecule has 0 atom stereocenters. The molecule has 3 heteroatoms. The van der Waals surface area contributed by atoms with E-state index in [0.29, 0.717) is 5.69 Å². The summed E-state index contributed by atoms with van der Waals surface area (Å²) in [6.45, 7) is 10.7. The van der Waals surface area contributed by atoms with Gasteiger partial charge in [0.05, 0.1) is 20.1 Å². The van der Waals surface area contributed by atoms with E-state index >= 15 is 0 Å². The highest BCUT2D eigenvalue weighted by Gasteiger charge is 2.09. The highest BCUT2D eigenvalue weighted by atomic mass is 16.5. The Morgan fingerprint density at radius 3 is 2.33 bits per heavy atom.